The Bertz CT molecular complexity index is 1100. The fourth-order valence-electron chi connectivity index (χ4n) is 4.55. The fraction of sp³-hybridized carbons (Fsp3) is 0.192. The third-order valence-corrected chi connectivity index (χ3v) is 6.11. The first-order valence-electron chi connectivity index (χ1n) is 10.4. The van der Waals surface area contributed by atoms with Crippen molar-refractivity contribution < 1.29 is 4.79 Å². The minimum absolute atomic E-state index is 0.175. The van der Waals surface area contributed by atoms with Gasteiger partial charge in [-0.25, -0.2) is 0 Å². The van der Waals surface area contributed by atoms with Gasteiger partial charge in [-0.1, -0.05) is 54.6 Å². The summed E-state index contributed by atoms with van der Waals surface area (Å²) in [7, 11) is 1.91. The maximum Gasteiger partial charge on any atom is 0.163 e. The molecule has 0 bridgehead atoms. The van der Waals surface area contributed by atoms with Crippen LogP contribution in [0.3, 0.4) is 0 Å². The lowest BCUT2D eigenvalue weighted by atomic mass is 9.78. The van der Waals surface area contributed by atoms with Gasteiger partial charge in [0.2, 0.25) is 0 Å². The smallest absolute Gasteiger partial charge is 0.163 e. The van der Waals surface area contributed by atoms with Crippen molar-refractivity contribution in [3.05, 3.63) is 101 Å². The predicted molar refractivity (Wildman–Crippen MR) is 123 cm³/mol. The molecule has 0 saturated carbocycles. The lowest BCUT2D eigenvalue weighted by Gasteiger charge is -2.30. The van der Waals surface area contributed by atoms with Gasteiger partial charge in [0.15, 0.2) is 5.78 Å². The number of Topliss-reactive ketones (excluding diaryl/α,β-unsaturated/α-hetero) is 1. The van der Waals surface area contributed by atoms with Crippen LogP contribution in [0.1, 0.15) is 35.9 Å². The molecule has 3 aromatic rings. The zero-order valence-corrected chi connectivity index (χ0v) is 17.0. The maximum absolute atomic E-state index is 13.5. The van der Waals surface area contributed by atoms with Gasteiger partial charge in [-0.3, -0.25) is 4.79 Å². The molecule has 0 saturated heterocycles. The first kappa shape index (κ1) is 18.5. The molecule has 0 amide bonds. The molecular weight excluding hydrogens is 370 g/mol. The van der Waals surface area contributed by atoms with Gasteiger partial charge in [0.05, 0.1) is 17.4 Å². The normalized spacial score (nSPS) is 20.4. The number of hydrogen-bond donors (Lipinski definition) is 3. The highest BCUT2D eigenvalue weighted by Crippen LogP contribution is 2.44. The summed E-state index contributed by atoms with van der Waals surface area (Å²) in [5, 5.41) is 10.4. The third kappa shape index (κ3) is 3.35. The Morgan fingerprint density at radius 3 is 2.23 bits per heavy atom. The van der Waals surface area contributed by atoms with Gasteiger partial charge in [-0.15, -0.1) is 0 Å². The van der Waals surface area contributed by atoms with Crippen molar-refractivity contribution in [1.29, 1.82) is 0 Å². The van der Waals surface area contributed by atoms with Crippen LogP contribution in [-0.2, 0) is 4.79 Å². The van der Waals surface area contributed by atoms with Gasteiger partial charge < -0.3 is 16.0 Å². The number of carbonyl (C=O) groups is 1. The van der Waals surface area contributed by atoms with Crippen molar-refractivity contribution in [2.24, 2.45) is 0 Å². The summed E-state index contributed by atoms with van der Waals surface area (Å²) >= 11 is 0. The van der Waals surface area contributed by atoms with E-state index in [2.05, 4.69) is 64.5 Å². The summed E-state index contributed by atoms with van der Waals surface area (Å²) in [6.07, 6.45) is 1.36. The molecule has 150 valence electrons. The van der Waals surface area contributed by atoms with E-state index in [0.717, 1.165) is 40.3 Å². The monoisotopic (exact) mass is 395 g/mol. The Morgan fingerprint density at radius 2 is 1.50 bits per heavy atom. The first-order chi connectivity index (χ1) is 14.7. The summed E-state index contributed by atoms with van der Waals surface area (Å²) < 4.78 is 0. The van der Waals surface area contributed by atoms with E-state index in [4.69, 9.17) is 0 Å². The van der Waals surface area contributed by atoms with Gasteiger partial charge >= 0.3 is 0 Å². The van der Waals surface area contributed by atoms with E-state index in [1.807, 2.05) is 37.4 Å². The number of fused-ring (bicyclic) bond motifs is 1. The largest absolute Gasteiger partial charge is 0.388 e. The number of carbonyl (C=O) groups excluding carboxylic acids is 1. The molecular formula is C26H25N3O. The van der Waals surface area contributed by atoms with E-state index in [1.165, 1.54) is 5.56 Å². The van der Waals surface area contributed by atoms with Crippen molar-refractivity contribution >= 4 is 22.8 Å². The zero-order chi connectivity index (χ0) is 20.5. The van der Waals surface area contributed by atoms with Gasteiger partial charge in [-0.05, 0) is 47.7 Å². The second kappa shape index (κ2) is 7.71. The molecule has 0 fully saturated rings. The number of ketones is 1. The molecule has 3 N–H and O–H groups in total. The van der Waals surface area contributed by atoms with E-state index >= 15 is 0 Å². The summed E-state index contributed by atoms with van der Waals surface area (Å²) in [4.78, 5) is 13.5. The van der Waals surface area contributed by atoms with E-state index in [0.29, 0.717) is 6.42 Å². The summed E-state index contributed by atoms with van der Waals surface area (Å²) in [5.41, 5.74) is 7.28. The number of benzene rings is 3. The SMILES string of the molecule is CNc1ccc(C2Nc3ccccc3NC3=C2C(=O)CC(c2ccccc2)C3)cc1. The highest BCUT2D eigenvalue weighted by Gasteiger charge is 2.35. The van der Waals surface area contributed by atoms with Crippen LogP contribution in [0, 0.1) is 0 Å². The number of hydrogen-bond acceptors (Lipinski definition) is 4. The van der Waals surface area contributed by atoms with Crippen LogP contribution in [0.2, 0.25) is 0 Å². The second-order valence-electron chi connectivity index (χ2n) is 7.95. The standard InChI is InChI=1S/C26H25N3O/c1-27-20-13-11-18(12-14-20)26-25-23(28-21-9-5-6-10-22(21)29-26)15-19(16-24(25)30)17-7-3-2-4-8-17/h2-14,19,26-29H,15-16H2,1H3. The van der Waals surface area contributed by atoms with Gasteiger partial charge in [0.1, 0.15) is 0 Å². The topological polar surface area (TPSA) is 53.2 Å². The van der Waals surface area contributed by atoms with Crippen LogP contribution in [0.25, 0.3) is 0 Å². The molecule has 1 heterocycles. The minimum Gasteiger partial charge on any atom is -0.388 e. The third-order valence-electron chi connectivity index (χ3n) is 6.11. The highest BCUT2D eigenvalue weighted by atomic mass is 16.1. The lowest BCUT2D eigenvalue weighted by molar-refractivity contribution is -0.116. The van der Waals surface area contributed by atoms with Gasteiger partial charge in [0.25, 0.3) is 0 Å². The van der Waals surface area contributed by atoms with Gasteiger partial charge in [-0.2, -0.15) is 0 Å². The lowest BCUT2D eigenvalue weighted by Crippen LogP contribution is -2.26. The number of anilines is 3. The Morgan fingerprint density at radius 1 is 0.800 bits per heavy atom. The van der Waals surface area contributed by atoms with Gasteiger partial charge in [0, 0.05) is 30.4 Å². The van der Waals surface area contributed by atoms with Crippen LogP contribution in [0.15, 0.2) is 90.1 Å². The van der Waals surface area contributed by atoms with Crippen molar-refractivity contribution in [2.45, 2.75) is 24.8 Å². The number of allylic oxidation sites excluding steroid dienone is 1. The maximum atomic E-state index is 13.5. The Labute approximate surface area is 177 Å². The summed E-state index contributed by atoms with van der Waals surface area (Å²) in [6.45, 7) is 0. The van der Waals surface area contributed by atoms with Crippen LogP contribution in [0.4, 0.5) is 17.1 Å². The quantitative estimate of drug-likeness (QED) is 0.532. The first-order valence-corrected chi connectivity index (χ1v) is 10.4. The van der Waals surface area contributed by atoms with Crippen LogP contribution >= 0.6 is 0 Å². The molecule has 5 rings (SSSR count). The van der Waals surface area contributed by atoms with Crippen LogP contribution in [-0.4, -0.2) is 12.8 Å². The van der Waals surface area contributed by atoms with Crippen molar-refractivity contribution in [2.75, 3.05) is 23.0 Å². The Kier molecular flexibility index (Phi) is 4.75. The number of nitrogens with one attached hydrogen (secondary N) is 3. The molecule has 3 aromatic carbocycles. The minimum atomic E-state index is -0.175. The van der Waals surface area contributed by atoms with E-state index < -0.39 is 0 Å². The molecule has 2 atom stereocenters. The van der Waals surface area contributed by atoms with Crippen LogP contribution in [0.5, 0.6) is 0 Å². The molecule has 4 heteroatoms. The molecule has 1 aliphatic carbocycles. The van der Waals surface area contributed by atoms with E-state index in [9.17, 15) is 4.79 Å². The van der Waals surface area contributed by atoms with E-state index in [1.54, 1.807) is 0 Å². The molecule has 30 heavy (non-hydrogen) atoms. The van der Waals surface area contributed by atoms with E-state index in [-0.39, 0.29) is 17.7 Å². The number of para-hydroxylation sites is 2. The van der Waals surface area contributed by atoms with Crippen molar-refractivity contribution in [1.82, 2.24) is 0 Å². The number of rotatable bonds is 3. The van der Waals surface area contributed by atoms with Crippen LogP contribution < -0.4 is 16.0 Å². The molecule has 2 unspecified atom stereocenters. The average Bonchev–Trinajstić information content (AvgIpc) is 2.96. The molecule has 0 radical (unpaired) electrons. The summed E-state index contributed by atoms with van der Waals surface area (Å²) in [6, 6.07) is 26.7. The molecule has 1 aliphatic heterocycles. The predicted octanol–water partition coefficient (Wildman–Crippen LogP) is 5.71. The molecule has 0 aromatic heterocycles. The summed E-state index contributed by atoms with van der Waals surface area (Å²) in [5.74, 6) is 0.406. The molecule has 4 nitrogen and oxygen atoms in total. The highest BCUT2D eigenvalue weighted by molar-refractivity contribution is 6.01. The van der Waals surface area contributed by atoms with Crippen molar-refractivity contribution in [3.8, 4) is 0 Å². The second-order valence-corrected chi connectivity index (χ2v) is 7.95. The molecule has 2 aliphatic rings. The Balaban J connectivity index is 1.60. The zero-order valence-electron chi connectivity index (χ0n) is 17.0. The average molecular weight is 396 g/mol. The Hall–Kier alpha value is -3.53. The molecule has 0 spiro atoms. The van der Waals surface area contributed by atoms with Crippen molar-refractivity contribution in [3.63, 3.8) is 0 Å². The fourth-order valence-corrected chi connectivity index (χ4v) is 4.55.